The maximum atomic E-state index is 13.2. The number of carbonyl (C=O) groups is 2. The van der Waals surface area contributed by atoms with Gasteiger partial charge >= 0.3 is 30.0 Å². The molecule has 0 bridgehead atoms. The molecule has 2 aromatic carbocycles. The van der Waals surface area contributed by atoms with Crippen LogP contribution in [0.1, 0.15) is 123 Å². The number of phosphoric ester groups is 1. The van der Waals surface area contributed by atoms with Crippen molar-refractivity contribution in [3.05, 3.63) is 106 Å². The molecule has 11 N–H and O–H groups in total. The number of unbranched alkanes of at least 4 members (excludes halogenated alkanes) is 3. The molecule has 606 valence electrons. The average molecular weight is 1700 g/mol. The molecule has 2 aromatic heterocycles. The molecule has 0 spiro atoms. The summed E-state index contributed by atoms with van der Waals surface area (Å²) in [6.45, 7) is 17.9. The summed E-state index contributed by atoms with van der Waals surface area (Å²) in [5.41, 5.74) is 12.3. The molecule has 1 fully saturated rings. The largest absolute Gasteiger partial charge is 0.479 e. The molecule has 0 aliphatic carbocycles. The molecular weight excluding hydrogens is 1600 g/mol. The number of hydrogen-bond donors (Lipinski definition) is 10. The van der Waals surface area contributed by atoms with Crippen molar-refractivity contribution >= 4 is 132 Å². The quantitative estimate of drug-likeness (QED) is 0.00229. The van der Waals surface area contributed by atoms with E-state index in [1.807, 2.05) is 65.0 Å². The van der Waals surface area contributed by atoms with Crippen LogP contribution in [0.4, 0.5) is 22.1 Å². The van der Waals surface area contributed by atoms with E-state index in [1.165, 1.54) is 35.0 Å². The van der Waals surface area contributed by atoms with Gasteiger partial charge in [-0.1, -0.05) is 75.0 Å². The number of carbonyl (C=O) groups excluding carboxylic acids is 2. The van der Waals surface area contributed by atoms with E-state index in [0.29, 0.717) is 97.4 Å². The highest BCUT2D eigenvalue weighted by molar-refractivity contribution is 8.77. The summed E-state index contributed by atoms with van der Waals surface area (Å²) >= 11 is 5.24. The van der Waals surface area contributed by atoms with Gasteiger partial charge in [0.25, 0.3) is 25.8 Å². The first kappa shape index (κ1) is 91.1. The summed E-state index contributed by atoms with van der Waals surface area (Å²) in [6.07, 6.45) is 13.8. The van der Waals surface area contributed by atoms with Gasteiger partial charge in [0, 0.05) is 91.0 Å². The van der Waals surface area contributed by atoms with Gasteiger partial charge in [0.1, 0.15) is 24.8 Å². The monoisotopic (exact) mass is 1700 g/mol. The number of hydrogen-bond acceptors (Lipinski definition) is 27. The standard InChI is InChI=1S/C66H96N9O25P3S6/c1-9-73-51-25-23-47(108(85,86)87)39-49(51)65(4,5)55(73)20-12-10-13-21-56-66(6,7)50-40-48(109(88,89)90)24-26-52(50)74(56)31-15-11-14-22-57(76)68-29-35-91-37-38-92-36-30-70-96-34-27-64(2,3)106-105-44-93-32-16-17-33-94-63(78)69-28-18-19-46-42-75(60-59(46)61(77)72-62(67)71-60)58-41-53(95-45-107(8)104)54(98-58)43-97-103(83,84)100-101(79)99-102(80,81)82/h10,12-13,20-21,23-26,39-40,42,53-54,58,70,101H,9,11,14-17,22,27-38,41,43-45H2,1-8H3,(H9-,67,68,69,71,72,76,77,78,80,81,82,83,84,85,86,87,88,89,90)/p+1/t53-,54+,58+,107?/m0/s1. The number of phosphoric acid groups is 2. The molecule has 0 radical (unpaired) electrons. The first-order chi connectivity index (χ1) is 51.3. The van der Waals surface area contributed by atoms with Crippen molar-refractivity contribution in [2.45, 2.75) is 144 Å². The van der Waals surface area contributed by atoms with Gasteiger partial charge in [-0.2, -0.15) is 26.4 Å². The van der Waals surface area contributed by atoms with Gasteiger partial charge in [0.15, 0.2) is 11.4 Å². The average Bonchev–Trinajstić information content (AvgIpc) is 1.61. The molecule has 1 saturated heterocycles. The number of nitrogens with two attached hydrogens (primary N) is 1. The Hall–Kier alpha value is -5.09. The van der Waals surface area contributed by atoms with Crippen molar-refractivity contribution in [3.8, 4) is 11.8 Å². The highest BCUT2D eigenvalue weighted by Crippen LogP contribution is 2.58. The lowest BCUT2D eigenvalue weighted by Gasteiger charge is -2.25. The maximum absolute atomic E-state index is 13.2. The number of aromatic nitrogens is 3. The number of fused-ring (bicyclic) bond motifs is 3. The normalized spacial score (nSPS) is 18.7. The minimum absolute atomic E-state index is 0.0363. The molecular formula is C66H97N9O25P3S6+. The topological polar surface area (TPSA) is 466 Å². The molecule has 5 heterocycles. The van der Waals surface area contributed by atoms with E-state index in [1.54, 1.807) is 40.0 Å². The van der Waals surface area contributed by atoms with Gasteiger partial charge in [-0.05, 0) is 126 Å². The Morgan fingerprint density at radius 1 is 0.908 bits per heavy atom. The van der Waals surface area contributed by atoms with Crippen molar-refractivity contribution in [1.82, 2.24) is 30.6 Å². The molecule has 7 rings (SSSR count). The van der Waals surface area contributed by atoms with E-state index in [4.69, 9.17) is 64.5 Å². The number of allylic oxidation sites excluding steroid dienone is 6. The lowest BCUT2D eigenvalue weighted by molar-refractivity contribution is -0.438. The van der Waals surface area contributed by atoms with E-state index in [0.717, 1.165) is 53.2 Å². The minimum Gasteiger partial charge on any atom is -0.450 e. The van der Waals surface area contributed by atoms with Gasteiger partial charge in [0.05, 0.1) is 91.0 Å². The first-order valence-electron chi connectivity index (χ1n) is 34.5. The second kappa shape index (κ2) is 41.8. The van der Waals surface area contributed by atoms with Crippen molar-refractivity contribution in [2.75, 3.05) is 114 Å². The number of anilines is 2. The molecule has 43 heteroatoms. The molecule has 0 saturated carbocycles. The fourth-order valence-corrected chi connectivity index (χ4v) is 18.2. The zero-order valence-corrected chi connectivity index (χ0v) is 69.2. The number of H-pyrrole nitrogens is 1. The van der Waals surface area contributed by atoms with Crippen LogP contribution in [-0.4, -0.2) is 198 Å². The third kappa shape index (κ3) is 28.2. The Bertz CT molecular complexity index is 4480. The van der Waals surface area contributed by atoms with Crippen LogP contribution in [0.3, 0.4) is 0 Å². The number of benzene rings is 2. The van der Waals surface area contributed by atoms with E-state index >= 15 is 0 Å². The summed E-state index contributed by atoms with van der Waals surface area (Å²) in [5, 5.41) is 5.48. The third-order valence-electron chi connectivity index (χ3n) is 17.2. The summed E-state index contributed by atoms with van der Waals surface area (Å²) in [4.78, 5) is 80.2. The van der Waals surface area contributed by atoms with Gasteiger partial charge < -0.3 is 73.8 Å². The fraction of sp³-hybridized carbons (Fsp3) is 0.561. The Labute approximate surface area is 649 Å². The van der Waals surface area contributed by atoms with Crippen LogP contribution in [0.2, 0.25) is 0 Å². The number of aromatic amines is 1. The van der Waals surface area contributed by atoms with E-state index in [2.05, 4.69) is 69.9 Å². The Balaban J connectivity index is 0.698. The smallest absolute Gasteiger partial charge is 0.450 e. The number of nitrogens with zero attached hydrogens (tertiary/aromatic N) is 4. The molecule has 3 aliphatic heterocycles. The van der Waals surface area contributed by atoms with Gasteiger partial charge in [-0.15, -0.1) is 0 Å². The number of nitrogens with one attached hydrogen (secondary N) is 4. The number of rotatable bonds is 46. The molecule has 4 aromatic rings. The van der Waals surface area contributed by atoms with Crippen LogP contribution >= 0.6 is 45.5 Å². The van der Waals surface area contributed by atoms with Crippen molar-refractivity contribution in [1.29, 1.82) is 0 Å². The second-order valence-corrected chi connectivity index (χ2v) is 39.6. The molecule has 3 aliphatic rings. The van der Waals surface area contributed by atoms with Crippen molar-refractivity contribution in [3.63, 3.8) is 0 Å². The van der Waals surface area contributed by atoms with Crippen LogP contribution in [0.5, 0.6) is 0 Å². The van der Waals surface area contributed by atoms with E-state index in [-0.39, 0.29) is 68.5 Å². The van der Waals surface area contributed by atoms with Crippen molar-refractivity contribution < 1.29 is 115 Å². The predicted molar refractivity (Wildman–Crippen MR) is 418 cm³/mol. The van der Waals surface area contributed by atoms with Gasteiger partial charge in [0.2, 0.25) is 17.5 Å². The minimum atomic E-state index is -5.32. The highest BCUT2D eigenvalue weighted by atomic mass is 33.1. The van der Waals surface area contributed by atoms with Gasteiger partial charge in [-0.25, -0.2) is 28.0 Å². The third-order valence-corrected chi connectivity index (χ3v) is 26.2. The number of hydroxylamine groups is 1. The number of likely N-dealkylation sites (N-methyl/N-ethyl adjacent to an activating group) is 1. The second-order valence-electron chi connectivity index (χ2n) is 26.5. The molecule has 109 heavy (non-hydrogen) atoms. The van der Waals surface area contributed by atoms with E-state index < -0.39 is 101 Å². The lowest BCUT2D eigenvalue weighted by Crippen LogP contribution is -2.29. The molecule has 2 amide bonds. The SMILES string of the molecule is CCN1\C(=C/C=C/C=C/C2=[N+](CCCCCC(=O)NCCOCCOCCNOCCC(C)(C)SSCOCCCCOC(=O)NCC#Cc3cn([C@H]4C[C@H](OCS(C)=S)[C@@H](COP(=O)(O)O[PH](=O)OP(=O)(O)O)O4)c4nc(N)[nH]c(=O)c34)c3ccc(S(=O)(=O)O)cc3C2(C)C)C(C)(C)c2cc(S(=O)(=O)O)ccc21. The van der Waals surface area contributed by atoms with E-state index in [9.17, 15) is 58.9 Å². The molecule has 3 unspecified atom stereocenters. The number of alkyl carbamates (subject to hydrolysis) is 1. The Kier molecular flexibility index (Phi) is 34.9. The maximum Gasteiger partial charge on any atom is 0.479 e. The van der Waals surface area contributed by atoms with Crippen molar-refractivity contribution in [2.24, 2.45) is 0 Å². The molecule has 6 atom stereocenters. The van der Waals surface area contributed by atoms with Crippen LogP contribution in [0.15, 0.2) is 93.3 Å². The molecule has 34 nitrogen and oxygen atoms in total. The summed E-state index contributed by atoms with van der Waals surface area (Å²) in [7, 11) is -20.9. The zero-order chi connectivity index (χ0) is 80.0. The number of nitrogen functional groups attached to an aromatic ring is 1. The van der Waals surface area contributed by atoms with Gasteiger partial charge in [-0.3, -0.25) is 32.8 Å². The Morgan fingerprint density at radius 3 is 2.30 bits per heavy atom. The van der Waals surface area contributed by atoms with Crippen LogP contribution < -0.4 is 32.3 Å². The van der Waals surface area contributed by atoms with Crippen LogP contribution in [-0.2, 0) is 117 Å². The number of amides is 2. The Morgan fingerprint density at radius 2 is 1.61 bits per heavy atom. The van der Waals surface area contributed by atoms with Crippen LogP contribution in [0, 0.1) is 11.8 Å². The summed E-state index contributed by atoms with van der Waals surface area (Å²) in [5.74, 6) is 5.85. The van der Waals surface area contributed by atoms with Crippen LogP contribution in [0.25, 0.3) is 11.0 Å². The lowest BCUT2D eigenvalue weighted by atomic mass is 9.81. The highest BCUT2D eigenvalue weighted by Gasteiger charge is 2.46. The predicted octanol–water partition coefficient (Wildman–Crippen LogP) is 8.28. The first-order valence-corrected chi connectivity index (χ1v) is 46.7. The fourth-order valence-electron chi connectivity index (χ4n) is 11.9. The summed E-state index contributed by atoms with van der Waals surface area (Å²) in [6, 6.07) is 9.27. The zero-order valence-electron chi connectivity index (χ0n) is 61.5. The summed E-state index contributed by atoms with van der Waals surface area (Å²) < 4.78 is 154. The number of ether oxygens (including phenoxy) is 6.